The lowest BCUT2D eigenvalue weighted by Gasteiger charge is -2.44. The first-order valence-electron chi connectivity index (χ1n) is 8.76. The van der Waals surface area contributed by atoms with Crippen molar-refractivity contribution in [2.45, 2.75) is 71.9 Å². The van der Waals surface area contributed by atoms with Crippen LogP contribution >= 0.6 is 0 Å². The molecule has 1 N–H and O–H groups in total. The summed E-state index contributed by atoms with van der Waals surface area (Å²) in [5, 5.41) is 4.12. The van der Waals surface area contributed by atoms with Gasteiger partial charge in [0.1, 0.15) is 0 Å². The first-order chi connectivity index (χ1) is 9.90. The van der Waals surface area contributed by atoms with Gasteiger partial charge in [0.2, 0.25) is 0 Å². The van der Waals surface area contributed by atoms with E-state index in [2.05, 4.69) is 51.2 Å². The van der Waals surface area contributed by atoms with Gasteiger partial charge < -0.3 is 5.32 Å². The molecule has 1 aromatic rings. The van der Waals surface area contributed by atoms with Gasteiger partial charge in [0, 0.05) is 12.1 Å². The van der Waals surface area contributed by atoms with Crippen LogP contribution in [-0.2, 0) is 6.42 Å². The van der Waals surface area contributed by atoms with Crippen LogP contribution < -0.4 is 5.32 Å². The van der Waals surface area contributed by atoms with Crippen molar-refractivity contribution in [1.82, 2.24) is 5.32 Å². The van der Waals surface area contributed by atoms with E-state index in [0.717, 1.165) is 5.92 Å². The Hall–Kier alpha value is -0.820. The molecule has 114 valence electrons. The topological polar surface area (TPSA) is 12.0 Å². The number of hydrogen-bond acceptors (Lipinski definition) is 1. The molecular weight excluding hydrogens is 254 g/mol. The Kier molecular flexibility index (Phi) is 2.86. The quantitative estimate of drug-likeness (QED) is 0.823. The summed E-state index contributed by atoms with van der Waals surface area (Å²) in [5.41, 5.74) is 5.54. The second-order valence-corrected chi connectivity index (χ2v) is 8.81. The summed E-state index contributed by atoms with van der Waals surface area (Å²) in [4.78, 5) is 0. The van der Waals surface area contributed by atoms with Gasteiger partial charge in [-0.1, -0.05) is 44.5 Å². The number of hydrogen-bond donors (Lipinski definition) is 1. The maximum Gasteiger partial charge on any atom is 0.0329 e. The molecule has 1 heteroatoms. The molecule has 4 atom stereocenters. The predicted octanol–water partition coefficient (Wildman–Crippen LogP) is 4.79. The molecule has 0 heterocycles. The predicted molar refractivity (Wildman–Crippen MR) is 88.4 cm³/mol. The molecule has 0 saturated heterocycles. The standard InChI is InChI=1S/C20H29N/c1-13-5-6-14-7-8-17(16(14)11-13)21-18-19(2,3)15-9-10-20(18,4)12-15/h5-6,11,15,17-18,21H,7-10,12H2,1-4H3. The summed E-state index contributed by atoms with van der Waals surface area (Å²) in [7, 11) is 0. The molecule has 2 saturated carbocycles. The Labute approximate surface area is 129 Å². The van der Waals surface area contributed by atoms with E-state index in [1.165, 1.54) is 37.7 Å². The normalized spacial score (nSPS) is 39.7. The Morgan fingerprint density at radius 2 is 1.95 bits per heavy atom. The SMILES string of the molecule is Cc1ccc2c(c1)C(NC1C3(C)CCC(C3)C1(C)C)CC2. The van der Waals surface area contributed by atoms with E-state index >= 15 is 0 Å². The van der Waals surface area contributed by atoms with Crippen molar-refractivity contribution in [3.63, 3.8) is 0 Å². The fourth-order valence-electron chi connectivity index (χ4n) is 5.81. The zero-order valence-corrected chi connectivity index (χ0v) is 14.0. The first-order valence-corrected chi connectivity index (χ1v) is 8.76. The summed E-state index contributed by atoms with van der Waals surface area (Å²) in [6.07, 6.45) is 6.84. The molecule has 0 amide bonds. The van der Waals surface area contributed by atoms with Gasteiger partial charge in [0.25, 0.3) is 0 Å². The van der Waals surface area contributed by atoms with Gasteiger partial charge in [-0.3, -0.25) is 0 Å². The zero-order valence-electron chi connectivity index (χ0n) is 14.0. The highest BCUT2D eigenvalue weighted by Crippen LogP contribution is 2.62. The molecule has 0 aliphatic heterocycles. The molecule has 2 fully saturated rings. The fraction of sp³-hybridized carbons (Fsp3) is 0.700. The van der Waals surface area contributed by atoms with E-state index in [1.54, 1.807) is 11.1 Å². The number of benzene rings is 1. The second kappa shape index (κ2) is 4.35. The van der Waals surface area contributed by atoms with Gasteiger partial charge in [-0.05, 0) is 66.9 Å². The van der Waals surface area contributed by atoms with Crippen LogP contribution in [0.4, 0.5) is 0 Å². The molecule has 4 unspecified atom stereocenters. The van der Waals surface area contributed by atoms with Crippen LogP contribution in [0.3, 0.4) is 0 Å². The summed E-state index contributed by atoms with van der Waals surface area (Å²) in [6, 6.07) is 8.30. The molecule has 0 spiro atoms. The molecule has 1 aromatic carbocycles. The molecule has 1 nitrogen and oxygen atoms in total. The molecule has 0 aromatic heterocycles. The molecule has 21 heavy (non-hydrogen) atoms. The lowest BCUT2D eigenvalue weighted by atomic mass is 9.68. The largest absolute Gasteiger partial charge is 0.306 e. The van der Waals surface area contributed by atoms with Crippen molar-refractivity contribution in [2.75, 3.05) is 0 Å². The number of nitrogens with one attached hydrogen (secondary N) is 1. The van der Waals surface area contributed by atoms with Crippen molar-refractivity contribution < 1.29 is 0 Å². The molecule has 3 aliphatic rings. The van der Waals surface area contributed by atoms with Gasteiger partial charge in [-0.2, -0.15) is 0 Å². The highest BCUT2D eigenvalue weighted by Gasteiger charge is 2.59. The Bertz CT molecular complexity index is 568. The van der Waals surface area contributed by atoms with Crippen LogP contribution in [0, 0.1) is 23.7 Å². The van der Waals surface area contributed by atoms with Crippen molar-refractivity contribution >= 4 is 0 Å². The first kappa shape index (κ1) is 13.8. The fourth-order valence-corrected chi connectivity index (χ4v) is 5.81. The Morgan fingerprint density at radius 1 is 1.14 bits per heavy atom. The molecule has 0 radical (unpaired) electrons. The summed E-state index contributed by atoms with van der Waals surface area (Å²) < 4.78 is 0. The van der Waals surface area contributed by atoms with Crippen LogP contribution in [0.1, 0.15) is 69.2 Å². The van der Waals surface area contributed by atoms with Gasteiger partial charge in [0.05, 0.1) is 0 Å². The van der Waals surface area contributed by atoms with Gasteiger partial charge in [0.15, 0.2) is 0 Å². The lowest BCUT2D eigenvalue weighted by molar-refractivity contribution is 0.0983. The van der Waals surface area contributed by atoms with E-state index < -0.39 is 0 Å². The number of fused-ring (bicyclic) bond motifs is 3. The van der Waals surface area contributed by atoms with E-state index in [4.69, 9.17) is 0 Å². The minimum Gasteiger partial charge on any atom is -0.306 e. The van der Waals surface area contributed by atoms with Crippen molar-refractivity contribution in [2.24, 2.45) is 16.7 Å². The Balaban J connectivity index is 1.62. The highest BCUT2D eigenvalue weighted by atomic mass is 15.0. The third-order valence-electron chi connectivity index (χ3n) is 7.02. The summed E-state index contributed by atoms with van der Waals surface area (Å²) in [6.45, 7) is 9.77. The van der Waals surface area contributed by atoms with Gasteiger partial charge in [-0.15, -0.1) is 0 Å². The smallest absolute Gasteiger partial charge is 0.0329 e. The van der Waals surface area contributed by atoms with Crippen LogP contribution in [0.2, 0.25) is 0 Å². The zero-order chi connectivity index (χ0) is 14.8. The maximum absolute atomic E-state index is 4.12. The number of rotatable bonds is 2. The van der Waals surface area contributed by atoms with Gasteiger partial charge >= 0.3 is 0 Å². The average Bonchev–Trinajstić information content (AvgIpc) is 3.04. The minimum atomic E-state index is 0.458. The number of aryl methyl sites for hydroxylation is 2. The molecule has 2 bridgehead atoms. The van der Waals surface area contributed by atoms with E-state index in [1.807, 2.05) is 0 Å². The van der Waals surface area contributed by atoms with Gasteiger partial charge in [-0.25, -0.2) is 0 Å². The molecule has 4 rings (SSSR count). The van der Waals surface area contributed by atoms with Crippen molar-refractivity contribution in [3.05, 3.63) is 34.9 Å². The van der Waals surface area contributed by atoms with Crippen LogP contribution in [0.15, 0.2) is 18.2 Å². The summed E-state index contributed by atoms with van der Waals surface area (Å²) >= 11 is 0. The van der Waals surface area contributed by atoms with E-state index in [9.17, 15) is 0 Å². The van der Waals surface area contributed by atoms with Crippen LogP contribution in [-0.4, -0.2) is 6.04 Å². The lowest BCUT2D eigenvalue weighted by Crippen LogP contribution is -2.51. The Morgan fingerprint density at radius 3 is 2.67 bits per heavy atom. The highest BCUT2D eigenvalue weighted by molar-refractivity contribution is 5.38. The summed E-state index contributed by atoms with van der Waals surface area (Å²) in [5.74, 6) is 0.929. The van der Waals surface area contributed by atoms with E-state index in [-0.39, 0.29) is 0 Å². The van der Waals surface area contributed by atoms with Crippen LogP contribution in [0.25, 0.3) is 0 Å². The second-order valence-electron chi connectivity index (χ2n) is 8.81. The van der Waals surface area contributed by atoms with E-state index in [0.29, 0.717) is 22.9 Å². The van der Waals surface area contributed by atoms with Crippen LogP contribution in [0.5, 0.6) is 0 Å². The van der Waals surface area contributed by atoms with Crippen molar-refractivity contribution in [1.29, 1.82) is 0 Å². The molecular formula is C20H29N. The van der Waals surface area contributed by atoms with Crippen molar-refractivity contribution in [3.8, 4) is 0 Å². The maximum atomic E-state index is 4.12. The third kappa shape index (κ3) is 1.93. The molecule has 3 aliphatic carbocycles. The third-order valence-corrected chi connectivity index (χ3v) is 7.02. The average molecular weight is 283 g/mol. The monoisotopic (exact) mass is 283 g/mol. The minimum absolute atomic E-state index is 0.458.